The maximum absolute atomic E-state index is 13.3. The van der Waals surface area contributed by atoms with Gasteiger partial charge in [-0.2, -0.15) is 9.29 Å². The van der Waals surface area contributed by atoms with E-state index in [1.165, 1.54) is 9.87 Å². The fraction of sp³-hybridized carbons (Fsp3) is 0.391. The highest BCUT2D eigenvalue weighted by atomic mass is 32.2. The number of aromatic nitrogens is 2. The van der Waals surface area contributed by atoms with Gasteiger partial charge >= 0.3 is 0 Å². The number of anilines is 1. The third kappa shape index (κ3) is 4.80. The van der Waals surface area contributed by atoms with Gasteiger partial charge in [-0.05, 0) is 55.5 Å². The van der Waals surface area contributed by atoms with Crippen molar-refractivity contribution in [2.45, 2.75) is 43.0 Å². The van der Waals surface area contributed by atoms with Crippen molar-refractivity contribution in [2.75, 3.05) is 25.5 Å². The van der Waals surface area contributed by atoms with Gasteiger partial charge in [0, 0.05) is 32.7 Å². The van der Waals surface area contributed by atoms with Crippen LogP contribution in [0.2, 0.25) is 0 Å². The molecule has 0 aliphatic carbocycles. The third-order valence-corrected chi connectivity index (χ3v) is 7.56. The number of hydrogen-bond acceptors (Lipinski definition) is 6. The SMILES string of the molecule is CN(C)c1ccc(S(=O)(=O)N2CCCC2c2nc(CCCc3ccccc3)no2)cc1. The normalized spacial score (nSPS) is 17.2. The van der Waals surface area contributed by atoms with E-state index in [-0.39, 0.29) is 4.90 Å². The Hall–Kier alpha value is -2.71. The Bertz CT molecular complexity index is 1100. The van der Waals surface area contributed by atoms with Gasteiger partial charge in [0.25, 0.3) is 0 Å². The van der Waals surface area contributed by atoms with E-state index < -0.39 is 16.1 Å². The smallest absolute Gasteiger partial charge is 0.245 e. The van der Waals surface area contributed by atoms with Crippen molar-refractivity contribution in [1.29, 1.82) is 0 Å². The van der Waals surface area contributed by atoms with Crippen LogP contribution in [0, 0.1) is 0 Å². The van der Waals surface area contributed by atoms with Crippen LogP contribution < -0.4 is 4.90 Å². The first-order chi connectivity index (χ1) is 14.9. The average Bonchev–Trinajstić information content (AvgIpc) is 3.44. The molecule has 0 bridgehead atoms. The predicted molar refractivity (Wildman–Crippen MR) is 119 cm³/mol. The van der Waals surface area contributed by atoms with E-state index in [9.17, 15) is 8.42 Å². The Kier molecular flexibility index (Phi) is 6.38. The average molecular weight is 441 g/mol. The van der Waals surface area contributed by atoms with E-state index in [2.05, 4.69) is 22.3 Å². The van der Waals surface area contributed by atoms with Gasteiger partial charge in [-0.3, -0.25) is 0 Å². The first-order valence-electron chi connectivity index (χ1n) is 10.6. The van der Waals surface area contributed by atoms with Crippen LogP contribution in [0.5, 0.6) is 0 Å². The highest BCUT2D eigenvalue weighted by molar-refractivity contribution is 7.89. The van der Waals surface area contributed by atoms with Crippen LogP contribution in [0.4, 0.5) is 5.69 Å². The number of nitrogens with zero attached hydrogens (tertiary/aromatic N) is 4. The van der Waals surface area contributed by atoms with Crippen molar-refractivity contribution in [3.8, 4) is 0 Å². The molecule has 2 heterocycles. The van der Waals surface area contributed by atoms with Crippen LogP contribution in [0.15, 0.2) is 64.0 Å². The molecule has 8 heteroatoms. The lowest BCUT2D eigenvalue weighted by Crippen LogP contribution is -2.31. The van der Waals surface area contributed by atoms with E-state index in [1.54, 1.807) is 12.1 Å². The van der Waals surface area contributed by atoms with Crippen molar-refractivity contribution in [3.05, 3.63) is 71.9 Å². The Labute approximate surface area is 183 Å². The first-order valence-corrected chi connectivity index (χ1v) is 12.0. The summed E-state index contributed by atoms with van der Waals surface area (Å²) in [6.07, 6.45) is 4.00. The van der Waals surface area contributed by atoms with Gasteiger partial charge in [0.05, 0.1) is 4.90 Å². The number of rotatable bonds is 8. The number of sulfonamides is 1. The van der Waals surface area contributed by atoms with Crippen LogP contribution in [-0.4, -0.2) is 43.5 Å². The fourth-order valence-corrected chi connectivity index (χ4v) is 5.58. The zero-order valence-corrected chi connectivity index (χ0v) is 18.8. The summed E-state index contributed by atoms with van der Waals surface area (Å²) in [5.74, 6) is 1.02. The Morgan fingerprint density at radius 3 is 2.52 bits per heavy atom. The molecule has 4 rings (SSSR count). The molecule has 1 unspecified atom stereocenters. The fourth-order valence-electron chi connectivity index (χ4n) is 3.93. The lowest BCUT2D eigenvalue weighted by molar-refractivity contribution is 0.289. The second-order valence-electron chi connectivity index (χ2n) is 8.05. The number of benzene rings is 2. The van der Waals surface area contributed by atoms with Gasteiger partial charge in [0.1, 0.15) is 6.04 Å². The zero-order chi connectivity index (χ0) is 21.8. The summed E-state index contributed by atoms with van der Waals surface area (Å²) in [7, 11) is 0.212. The van der Waals surface area contributed by atoms with Gasteiger partial charge in [-0.25, -0.2) is 8.42 Å². The minimum absolute atomic E-state index is 0.285. The van der Waals surface area contributed by atoms with E-state index in [0.717, 1.165) is 24.9 Å². The van der Waals surface area contributed by atoms with E-state index in [1.807, 2.05) is 49.3 Å². The van der Waals surface area contributed by atoms with Crippen molar-refractivity contribution in [2.24, 2.45) is 0 Å². The molecular weight excluding hydrogens is 412 g/mol. The molecule has 1 atom stereocenters. The molecule has 0 amide bonds. The zero-order valence-electron chi connectivity index (χ0n) is 17.9. The lowest BCUT2D eigenvalue weighted by Gasteiger charge is -2.22. The van der Waals surface area contributed by atoms with Crippen LogP contribution >= 0.6 is 0 Å². The van der Waals surface area contributed by atoms with E-state index in [4.69, 9.17) is 4.52 Å². The maximum atomic E-state index is 13.3. The standard InChI is InChI=1S/C23H28N4O3S/c1-26(2)19-13-15-20(16-14-19)31(28,29)27-17-7-11-21(27)23-24-22(25-30-23)12-6-10-18-8-4-3-5-9-18/h3-5,8-9,13-16,21H,6-7,10-12,17H2,1-2H3. The van der Waals surface area contributed by atoms with Gasteiger partial charge in [-0.1, -0.05) is 35.5 Å². The number of hydrogen-bond donors (Lipinski definition) is 0. The Morgan fingerprint density at radius 1 is 1.06 bits per heavy atom. The number of aryl methyl sites for hydroxylation is 2. The summed E-state index contributed by atoms with van der Waals surface area (Å²) in [4.78, 5) is 6.75. The van der Waals surface area contributed by atoms with Crippen LogP contribution in [0.25, 0.3) is 0 Å². The molecule has 0 saturated carbocycles. The van der Waals surface area contributed by atoms with Crippen LogP contribution in [0.3, 0.4) is 0 Å². The molecule has 2 aromatic carbocycles. The summed E-state index contributed by atoms with van der Waals surface area (Å²) >= 11 is 0. The Morgan fingerprint density at radius 2 is 1.81 bits per heavy atom. The van der Waals surface area contributed by atoms with Crippen molar-refractivity contribution >= 4 is 15.7 Å². The predicted octanol–water partition coefficient (Wildman–Crippen LogP) is 3.84. The molecule has 3 aromatic rings. The minimum Gasteiger partial charge on any atom is -0.378 e. The summed E-state index contributed by atoms with van der Waals surface area (Å²) in [6.45, 7) is 0.453. The van der Waals surface area contributed by atoms with Crippen molar-refractivity contribution in [3.63, 3.8) is 0 Å². The lowest BCUT2D eigenvalue weighted by atomic mass is 10.1. The molecule has 31 heavy (non-hydrogen) atoms. The van der Waals surface area contributed by atoms with Crippen molar-refractivity contribution < 1.29 is 12.9 Å². The molecule has 7 nitrogen and oxygen atoms in total. The quantitative estimate of drug-likeness (QED) is 0.530. The van der Waals surface area contributed by atoms with Gasteiger partial charge in [0.15, 0.2) is 5.82 Å². The molecule has 0 radical (unpaired) electrons. The van der Waals surface area contributed by atoms with E-state index in [0.29, 0.717) is 31.1 Å². The van der Waals surface area contributed by atoms with Crippen LogP contribution in [0.1, 0.15) is 42.6 Å². The maximum Gasteiger partial charge on any atom is 0.245 e. The minimum atomic E-state index is -3.64. The Balaban J connectivity index is 1.44. The molecule has 1 aliphatic rings. The molecule has 164 valence electrons. The molecule has 0 spiro atoms. The summed E-state index contributed by atoms with van der Waals surface area (Å²) in [6, 6.07) is 16.8. The highest BCUT2D eigenvalue weighted by Crippen LogP contribution is 2.36. The van der Waals surface area contributed by atoms with E-state index >= 15 is 0 Å². The molecule has 0 N–H and O–H groups in total. The van der Waals surface area contributed by atoms with Gasteiger partial charge in [0.2, 0.25) is 15.9 Å². The molecule has 1 aromatic heterocycles. The summed E-state index contributed by atoms with van der Waals surface area (Å²) < 4.78 is 33.5. The first kappa shape index (κ1) is 21.5. The summed E-state index contributed by atoms with van der Waals surface area (Å²) in [5.41, 5.74) is 2.23. The molecular formula is C23H28N4O3S. The van der Waals surface area contributed by atoms with Crippen LogP contribution in [-0.2, 0) is 22.9 Å². The molecule has 1 aliphatic heterocycles. The second kappa shape index (κ2) is 9.20. The monoisotopic (exact) mass is 440 g/mol. The highest BCUT2D eigenvalue weighted by Gasteiger charge is 2.39. The summed E-state index contributed by atoms with van der Waals surface area (Å²) in [5, 5.41) is 4.10. The van der Waals surface area contributed by atoms with Crippen molar-refractivity contribution in [1.82, 2.24) is 14.4 Å². The van der Waals surface area contributed by atoms with Gasteiger partial charge < -0.3 is 9.42 Å². The molecule has 1 fully saturated rings. The second-order valence-corrected chi connectivity index (χ2v) is 9.94. The largest absolute Gasteiger partial charge is 0.378 e. The van der Waals surface area contributed by atoms with Gasteiger partial charge in [-0.15, -0.1) is 0 Å². The topological polar surface area (TPSA) is 79.5 Å². The third-order valence-electron chi connectivity index (χ3n) is 5.64. The molecule has 1 saturated heterocycles.